The van der Waals surface area contributed by atoms with Gasteiger partial charge in [0, 0.05) is 16.8 Å². The Morgan fingerprint density at radius 3 is 2.90 bits per heavy atom. The first-order chi connectivity index (χ1) is 10.3. The van der Waals surface area contributed by atoms with Crippen LogP contribution in [0.1, 0.15) is 62.5 Å². The summed E-state index contributed by atoms with van der Waals surface area (Å²) in [4.78, 5) is 4.75. The molecule has 4 atom stereocenters. The molecule has 0 saturated carbocycles. The summed E-state index contributed by atoms with van der Waals surface area (Å²) in [7, 11) is 0. The molecule has 4 unspecified atom stereocenters. The molecule has 0 amide bonds. The third-order valence-electron chi connectivity index (χ3n) is 4.55. The quantitative estimate of drug-likeness (QED) is 0.907. The molecule has 6 heteroatoms. The van der Waals surface area contributed by atoms with Gasteiger partial charge in [-0.05, 0) is 31.7 Å². The van der Waals surface area contributed by atoms with Gasteiger partial charge in [0.05, 0.1) is 11.3 Å². The van der Waals surface area contributed by atoms with Gasteiger partial charge in [0.1, 0.15) is 0 Å². The lowest BCUT2D eigenvalue weighted by Crippen LogP contribution is -2.31. The predicted octanol–water partition coefficient (Wildman–Crippen LogP) is 3.82. The van der Waals surface area contributed by atoms with E-state index in [0.29, 0.717) is 10.5 Å². The molecule has 3 heterocycles. The molecule has 2 aliphatic heterocycles. The first-order valence-corrected chi connectivity index (χ1v) is 10.2. The molecule has 21 heavy (non-hydrogen) atoms. The molecule has 1 aromatic heterocycles. The van der Waals surface area contributed by atoms with Gasteiger partial charge >= 0.3 is 0 Å². The Labute approximate surface area is 135 Å². The molecule has 2 saturated heterocycles. The van der Waals surface area contributed by atoms with Crippen molar-refractivity contribution in [1.82, 2.24) is 15.5 Å². The molecule has 4 nitrogen and oxygen atoms in total. The highest BCUT2D eigenvalue weighted by atomic mass is 32.2. The molecule has 118 valence electrons. The molecule has 0 radical (unpaired) electrons. The molecule has 1 N–H and O–H groups in total. The van der Waals surface area contributed by atoms with Crippen LogP contribution in [-0.2, 0) is 0 Å². The minimum absolute atomic E-state index is 0.256. The van der Waals surface area contributed by atoms with Gasteiger partial charge in [-0.25, -0.2) is 0 Å². The maximum absolute atomic E-state index is 5.60. The van der Waals surface area contributed by atoms with Crippen molar-refractivity contribution in [3.8, 4) is 0 Å². The summed E-state index contributed by atoms with van der Waals surface area (Å²) >= 11 is 4.04. The summed E-state index contributed by atoms with van der Waals surface area (Å²) in [6.45, 7) is 5.59. The highest BCUT2D eigenvalue weighted by molar-refractivity contribution is 8.06. The lowest BCUT2D eigenvalue weighted by atomic mass is 9.90. The third kappa shape index (κ3) is 3.59. The highest BCUT2D eigenvalue weighted by Crippen LogP contribution is 2.43. The van der Waals surface area contributed by atoms with Crippen molar-refractivity contribution >= 4 is 23.5 Å². The molecule has 0 aliphatic carbocycles. The fraction of sp³-hybridized carbons (Fsp3) is 0.867. The number of nitrogens with zero attached hydrogens (tertiary/aromatic N) is 2. The smallest absolute Gasteiger partial charge is 0.243 e. The molecule has 0 aromatic carbocycles. The van der Waals surface area contributed by atoms with Gasteiger partial charge in [0.15, 0.2) is 5.82 Å². The largest absolute Gasteiger partial charge is 0.338 e. The predicted molar refractivity (Wildman–Crippen MR) is 89.8 cm³/mol. The van der Waals surface area contributed by atoms with Crippen LogP contribution in [0, 0.1) is 5.92 Å². The van der Waals surface area contributed by atoms with E-state index in [2.05, 4.69) is 36.1 Å². The minimum Gasteiger partial charge on any atom is -0.338 e. The summed E-state index contributed by atoms with van der Waals surface area (Å²) in [6, 6.07) is 0.256. The summed E-state index contributed by atoms with van der Waals surface area (Å²) in [5, 5.41) is 8.86. The molecule has 0 bridgehead atoms. The van der Waals surface area contributed by atoms with Gasteiger partial charge in [0.25, 0.3) is 0 Å². The Morgan fingerprint density at radius 1 is 1.24 bits per heavy atom. The van der Waals surface area contributed by atoms with Gasteiger partial charge in [-0.2, -0.15) is 16.7 Å². The normalized spacial score (nSPS) is 34.0. The second-order valence-electron chi connectivity index (χ2n) is 5.91. The maximum atomic E-state index is 5.60. The van der Waals surface area contributed by atoms with E-state index >= 15 is 0 Å². The van der Waals surface area contributed by atoms with Crippen LogP contribution < -0.4 is 5.32 Å². The van der Waals surface area contributed by atoms with Crippen LogP contribution in [0.5, 0.6) is 0 Å². The average Bonchev–Trinajstić information content (AvgIpc) is 3.04. The van der Waals surface area contributed by atoms with Crippen molar-refractivity contribution < 1.29 is 4.52 Å². The summed E-state index contributed by atoms with van der Waals surface area (Å²) < 4.78 is 5.60. The van der Waals surface area contributed by atoms with Crippen molar-refractivity contribution in [2.45, 2.75) is 56.1 Å². The van der Waals surface area contributed by atoms with Gasteiger partial charge in [-0.1, -0.05) is 25.4 Å². The Kier molecular flexibility index (Phi) is 5.51. The van der Waals surface area contributed by atoms with Crippen molar-refractivity contribution in [2.75, 3.05) is 18.1 Å². The third-order valence-corrected chi connectivity index (χ3v) is 7.79. The molecule has 3 rings (SSSR count). The van der Waals surface area contributed by atoms with E-state index in [1.54, 1.807) is 0 Å². The van der Waals surface area contributed by atoms with Gasteiger partial charge in [-0.15, -0.1) is 11.8 Å². The zero-order valence-corrected chi connectivity index (χ0v) is 14.5. The van der Waals surface area contributed by atoms with Crippen molar-refractivity contribution in [3.05, 3.63) is 11.7 Å². The topological polar surface area (TPSA) is 51.0 Å². The molecular formula is C15H25N3OS2. The number of aromatic nitrogens is 2. The molecule has 0 spiro atoms. The standard InChI is InChI=1S/C15H25N3OS2/c1-3-10-5-6-16-11(9-10)15-17-14(18-19-15)13-12(4-2)20-7-8-21-13/h10-13,16H,3-9H2,1-2H3. The Hall–Kier alpha value is -0.200. The number of rotatable bonds is 4. The Balaban J connectivity index is 1.70. The van der Waals surface area contributed by atoms with E-state index in [0.717, 1.165) is 30.6 Å². The van der Waals surface area contributed by atoms with Crippen LogP contribution in [0.25, 0.3) is 0 Å². The first kappa shape index (κ1) is 15.7. The zero-order valence-electron chi connectivity index (χ0n) is 12.9. The number of thioether (sulfide) groups is 2. The maximum Gasteiger partial charge on any atom is 0.243 e. The number of hydrogen-bond donors (Lipinski definition) is 1. The summed E-state index contributed by atoms with van der Waals surface area (Å²) in [5.74, 6) is 4.93. The van der Waals surface area contributed by atoms with E-state index in [1.807, 2.05) is 11.8 Å². The summed E-state index contributed by atoms with van der Waals surface area (Å²) in [6.07, 6.45) is 4.81. The number of hydrogen-bond acceptors (Lipinski definition) is 6. The van der Waals surface area contributed by atoms with Gasteiger partial charge in [-0.3, -0.25) is 0 Å². The van der Waals surface area contributed by atoms with Crippen LogP contribution in [0.15, 0.2) is 4.52 Å². The fourth-order valence-electron chi connectivity index (χ4n) is 3.20. The lowest BCUT2D eigenvalue weighted by molar-refractivity contribution is 0.245. The van der Waals surface area contributed by atoms with Gasteiger partial charge in [0.2, 0.25) is 5.89 Å². The molecule has 2 fully saturated rings. The van der Waals surface area contributed by atoms with Crippen molar-refractivity contribution in [2.24, 2.45) is 5.92 Å². The Bertz CT molecular complexity index is 454. The Morgan fingerprint density at radius 2 is 2.10 bits per heavy atom. The zero-order chi connectivity index (χ0) is 14.7. The van der Waals surface area contributed by atoms with Crippen molar-refractivity contribution in [3.63, 3.8) is 0 Å². The van der Waals surface area contributed by atoms with Crippen LogP contribution in [0.2, 0.25) is 0 Å². The van der Waals surface area contributed by atoms with E-state index in [9.17, 15) is 0 Å². The average molecular weight is 328 g/mol. The van der Waals surface area contributed by atoms with Gasteiger partial charge < -0.3 is 9.84 Å². The van der Waals surface area contributed by atoms with E-state index in [-0.39, 0.29) is 6.04 Å². The lowest BCUT2D eigenvalue weighted by Gasteiger charge is -2.28. The van der Waals surface area contributed by atoms with E-state index in [4.69, 9.17) is 9.51 Å². The summed E-state index contributed by atoms with van der Waals surface area (Å²) in [5.41, 5.74) is 0. The minimum atomic E-state index is 0.256. The highest BCUT2D eigenvalue weighted by Gasteiger charge is 2.32. The van der Waals surface area contributed by atoms with Crippen molar-refractivity contribution in [1.29, 1.82) is 0 Å². The van der Waals surface area contributed by atoms with Crippen LogP contribution in [0.3, 0.4) is 0 Å². The van der Waals surface area contributed by atoms with Crippen LogP contribution in [0.4, 0.5) is 0 Å². The van der Waals surface area contributed by atoms with Crippen LogP contribution in [-0.4, -0.2) is 33.4 Å². The molecular weight excluding hydrogens is 302 g/mol. The molecule has 2 aliphatic rings. The first-order valence-electron chi connectivity index (χ1n) is 8.11. The van der Waals surface area contributed by atoms with E-state index < -0.39 is 0 Å². The number of piperidine rings is 1. The molecule has 1 aromatic rings. The fourth-order valence-corrected chi connectivity index (χ4v) is 6.18. The van der Waals surface area contributed by atoms with Crippen LogP contribution >= 0.6 is 23.5 Å². The van der Waals surface area contributed by atoms with E-state index in [1.165, 1.54) is 30.8 Å². The second kappa shape index (κ2) is 7.38. The monoisotopic (exact) mass is 327 g/mol. The number of nitrogens with one attached hydrogen (secondary N) is 1. The SMILES string of the molecule is CCC1CCNC(c2nc(C3SCCSC3CC)no2)C1. The second-order valence-corrected chi connectivity index (χ2v) is 8.50.